The molecule has 1 aliphatic heterocycles. The summed E-state index contributed by atoms with van der Waals surface area (Å²) in [6.45, 7) is 23.5. The van der Waals surface area contributed by atoms with Gasteiger partial charge in [-0.1, -0.05) is 0 Å². The van der Waals surface area contributed by atoms with E-state index in [0.29, 0.717) is 7.35 Å². The van der Waals surface area contributed by atoms with Gasteiger partial charge in [0.2, 0.25) is 0 Å². The third-order valence-electron chi connectivity index (χ3n) is 12.3. The molecule has 1 fully saturated rings. The SMILES string of the molecule is Cc1cc(C)c(C)c(-c2cccc3c2C=C2[CH]3[Hf]([CH3])([CH3])[CH]3C(=Cc4c(-c5c(C)c(C)cc(C)c5C)cccc43)C2(C)C)c1C. The zero-order chi connectivity index (χ0) is 31.6. The van der Waals surface area contributed by atoms with E-state index in [1.807, 2.05) is 0 Å². The summed E-state index contributed by atoms with van der Waals surface area (Å²) in [4.78, 5) is 0. The first-order valence-electron chi connectivity index (χ1n) is 16.5. The molecule has 0 amide bonds. The van der Waals surface area contributed by atoms with Crippen LogP contribution >= 0.6 is 0 Å². The zero-order valence-electron chi connectivity index (χ0n) is 28.9. The Kier molecular flexibility index (Phi) is 6.71. The molecule has 7 rings (SSSR count). The standard InChI is InChI=1S/C41H42.2CH3.Hf/c1-23-17-24(2)28(6)39(27(23)5)35-15-11-13-31-19-33(21-37(31)35)41(9,10)34-20-32-14-12-16-36(38(32)22-34)40-29(7)25(3)18-26(4)30(40)8;;;/h11-22H,1-10H3;2*1H3;. The molecule has 224 valence electrons. The quantitative estimate of drug-likeness (QED) is 0.179. The fraction of sp³-hybridized carbons (Fsp3) is 0.349. The molecular formula is C43H48Hf. The van der Waals surface area contributed by atoms with E-state index in [9.17, 15) is 0 Å². The van der Waals surface area contributed by atoms with Crippen molar-refractivity contribution in [3.63, 3.8) is 0 Å². The van der Waals surface area contributed by atoms with E-state index in [2.05, 4.69) is 139 Å². The van der Waals surface area contributed by atoms with Crippen LogP contribution in [0, 0.1) is 60.8 Å². The molecule has 0 spiro atoms. The Bertz CT molecular complexity index is 1800. The number of fused-ring (bicyclic) bond motifs is 6. The molecule has 0 N–H and O–H groups in total. The fourth-order valence-electron chi connectivity index (χ4n) is 9.50. The number of aryl methyl sites for hydroxylation is 4. The van der Waals surface area contributed by atoms with Gasteiger partial charge in [-0.05, 0) is 0 Å². The van der Waals surface area contributed by atoms with Gasteiger partial charge in [-0.25, -0.2) is 0 Å². The van der Waals surface area contributed by atoms with Crippen LogP contribution < -0.4 is 0 Å². The Morgan fingerprint density at radius 3 is 1.20 bits per heavy atom. The molecule has 2 unspecified atom stereocenters. The van der Waals surface area contributed by atoms with Gasteiger partial charge in [-0.15, -0.1) is 0 Å². The van der Waals surface area contributed by atoms with Crippen LogP contribution in [0.5, 0.6) is 0 Å². The molecule has 1 heteroatoms. The molecule has 4 aromatic rings. The second kappa shape index (κ2) is 9.86. The maximum absolute atomic E-state index is 3.10. The van der Waals surface area contributed by atoms with E-state index in [1.54, 1.807) is 22.3 Å². The van der Waals surface area contributed by atoms with Crippen LogP contribution in [-0.4, -0.2) is 0 Å². The first kappa shape index (κ1) is 29.9. The van der Waals surface area contributed by atoms with Crippen molar-refractivity contribution in [2.24, 2.45) is 5.41 Å². The van der Waals surface area contributed by atoms with Crippen LogP contribution in [0.2, 0.25) is 9.36 Å². The average Bonchev–Trinajstić information content (AvgIpc) is 3.57. The number of allylic oxidation sites excluding steroid dienone is 2. The maximum atomic E-state index is 2.77. The van der Waals surface area contributed by atoms with Gasteiger partial charge in [0.15, 0.2) is 0 Å². The van der Waals surface area contributed by atoms with Crippen LogP contribution in [0.4, 0.5) is 0 Å². The summed E-state index contributed by atoms with van der Waals surface area (Å²) in [5.41, 5.74) is 26.7. The average molecular weight is 743 g/mol. The molecule has 2 aliphatic carbocycles. The molecule has 0 aromatic heterocycles. The van der Waals surface area contributed by atoms with Gasteiger partial charge < -0.3 is 0 Å². The summed E-state index contributed by atoms with van der Waals surface area (Å²) in [7, 11) is 0. The molecule has 44 heavy (non-hydrogen) atoms. The van der Waals surface area contributed by atoms with E-state index >= 15 is 0 Å². The van der Waals surface area contributed by atoms with Gasteiger partial charge in [-0.3, -0.25) is 0 Å². The predicted octanol–water partition coefficient (Wildman–Crippen LogP) is 12.4. The van der Waals surface area contributed by atoms with Crippen LogP contribution in [0.1, 0.15) is 88.0 Å². The monoisotopic (exact) mass is 744 g/mol. The Labute approximate surface area is 270 Å². The minimum absolute atomic E-state index is 0.0106. The van der Waals surface area contributed by atoms with Crippen molar-refractivity contribution in [3.8, 4) is 22.3 Å². The second-order valence-electron chi connectivity index (χ2n) is 15.4. The van der Waals surface area contributed by atoms with Gasteiger partial charge in [0.1, 0.15) is 0 Å². The summed E-state index contributed by atoms with van der Waals surface area (Å²) >= 11 is -3.10. The topological polar surface area (TPSA) is 0 Å². The zero-order valence-corrected chi connectivity index (χ0v) is 32.5. The van der Waals surface area contributed by atoms with Crippen molar-refractivity contribution in [1.82, 2.24) is 0 Å². The Morgan fingerprint density at radius 2 is 0.864 bits per heavy atom. The summed E-state index contributed by atoms with van der Waals surface area (Å²) in [6.07, 6.45) is 5.32. The van der Waals surface area contributed by atoms with Crippen molar-refractivity contribution >= 4 is 12.2 Å². The fourth-order valence-corrected chi connectivity index (χ4v) is 27.2. The molecule has 1 heterocycles. The molecule has 0 nitrogen and oxygen atoms in total. The van der Waals surface area contributed by atoms with Crippen LogP contribution in [0.3, 0.4) is 0 Å². The van der Waals surface area contributed by atoms with Crippen LogP contribution in [0.15, 0.2) is 59.7 Å². The number of hydrogen-bond donors (Lipinski definition) is 0. The third-order valence-corrected chi connectivity index (χ3v) is 27.5. The van der Waals surface area contributed by atoms with Gasteiger partial charge in [0.25, 0.3) is 0 Å². The van der Waals surface area contributed by atoms with E-state index in [1.165, 1.54) is 77.9 Å². The normalized spacial score (nSPS) is 20.5. The van der Waals surface area contributed by atoms with Crippen molar-refractivity contribution in [2.45, 2.75) is 85.9 Å². The Hall–Kier alpha value is -2.77. The van der Waals surface area contributed by atoms with E-state index in [0.717, 1.165) is 0 Å². The molecule has 0 radical (unpaired) electrons. The van der Waals surface area contributed by atoms with Crippen molar-refractivity contribution in [3.05, 3.63) is 126 Å². The second-order valence-corrected chi connectivity index (χ2v) is 32.6. The van der Waals surface area contributed by atoms with E-state index < -0.39 is 20.0 Å². The predicted molar refractivity (Wildman–Crippen MR) is 189 cm³/mol. The Morgan fingerprint density at radius 1 is 0.523 bits per heavy atom. The van der Waals surface area contributed by atoms with Crippen LogP contribution in [-0.2, 0) is 20.0 Å². The summed E-state index contributed by atoms with van der Waals surface area (Å²) in [5, 5.41) is 0. The first-order chi connectivity index (χ1) is 20.7. The summed E-state index contributed by atoms with van der Waals surface area (Å²) in [5.74, 6) is 0. The number of hydrogen-bond acceptors (Lipinski definition) is 0. The van der Waals surface area contributed by atoms with Crippen molar-refractivity contribution in [2.75, 3.05) is 0 Å². The number of rotatable bonds is 2. The summed E-state index contributed by atoms with van der Waals surface area (Å²) < 4.78 is 6.73. The van der Waals surface area contributed by atoms with Gasteiger partial charge in [-0.2, -0.15) is 0 Å². The summed E-state index contributed by atoms with van der Waals surface area (Å²) in [6, 6.07) is 19.2. The molecule has 1 saturated heterocycles. The minimum atomic E-state index is -3.10. The van der Waals surface area contributed by atoms with E-state index in [-0.39, 0.29) is 5.41 Å². The molecule has 3 aliphatic rings. The molecule has 2 atom stereocenters. The molecule has 4 aromatic carbocycles. The Balaban J connectivity index is 1.46. The van der Waals surface area contributed by atoms with Gasteiger partial charge in [0.05, 0.1) is 0 Å². The van der Waals surface area contributed by atoms with Crippen LogP contribution in [0.25, 0.3) is 34.4 Å². The van der Waals surface area contributed by atoms with Gasteiger partial charge in [0, 0.05) is 0 Å². The molecular weight excluding hydrogens is 695 g/mol. The van der Waals surface area contributed by atoms with E-state index in [4.69, 9.17) is 0 Å². The molecule has 0 bridgehead atoms. The van der Waals surface area contributed by atoms with Crippen molar-refractivity contribution in [1.29, 1.82) is 0 Å². The van der Waals surface area contributed by atoms with Gasteiger partial charge >= 0.3 is 272 Å². The number of benzene rings is 4. The van der Waals surface area contributed by atoms with Crippen molar-refractivity contribution < 1.29 is 20.0 Å². The third kappa shape index (κ3) is 3.90. The molecule has 0 saturated carbocycles. The first-order valence-corrected chi connectivity index (χ1v) is 27.9.